The molecule has 0 radical (unpaired) electrons. The van der Waals surface area contributed by atoms with Crippen molar-refractivity contribution in [3.63, 3.8) is 0 Å². The number of sulfonamides is 1. The van der Waals surface area contributed by atoms with Crippen molar-refractivity contribution < 1.29 is 12.9 Å². The summed E-state index contributed by atoms with van der Waals surface area (Å²) in [5.74, 6) is 1.16. The molecular formula is C16H22N4O3S. The third-order valence-electron chi connectivity index (χ3n) is 4.17. The second kappa shape index (κ2) is 6.80. The molecule has 3 rings (SSSR count). The van der Waals surface area contributed by atoms with E-state index in [1.807, 2.05) is 6.07 Å². The summed E-state index contributed by atoms with van der Waals surface area (Å²) in [5.41, 5.74) is 0.766. The molecule has 24 heavy (non-hydrogen) atoms. The van der Waals surface area contributed by atoms with Crippen LogP contribution in [0.2, 0.25) is 0 Å². The Kier molecular flexibility index (Phi) is 4.75. The number of hydrogen-bond acceptors (Lipinski definition) is 6. The zero-order valence-electron chi connectivity index (χ0n) is 13.9. The van der Waals surface area contributed by atoms with Crippen LogP contribution in [0.4, 0.5) is 11.5 Å². The molecule has 1 aliphatic heterocycles. The number of nitrogens with one attached hydrogen (secondary N) is 1. The molecule has 130 valence electrons. The number of aromatic nitrogens is 2. The van der Waals surface area contributed by atoms with Crippen LogP contribution in [0.3, 0.4) is 0 Å². The second-order valence-corrected chi connectivity index (χ2v) is 7.68. The standard InChI is InChI=1S/C16H22N4O3S/c1-12-16(13(2)23-18-12)24(21,22)19-14-7-8-15(17-11-14)20-9-5-3-4-6-10-20/h7-8,11,19H,3-6,9-10H2,1-2H3. The van der Waals surface area contributed by atoms with E-state index in [0.717, 1.165) is 18.9 Å². The number of rotatable bonds is 4. The first-order valence-electron chi connectivity index (χ1n) is 8.14. The van der Waals surface area contributed by atoms with Gasteiger partial charge in [-0.25, -0.2) is 13.4 Å². The van der Waals surface area contributed by atoms with Crippen molar-refractivity contribution in [1.82, 2.24) is 10.1 Å². The van der Waals surface area contributed by atoms with Gasteiger partial charge in [-0.1, -0.05) is 18.0 Å². The highest BCUT2D eigenvalue weighted by Gasteiger charge is 2.24. The van der Waals surface area contributed by atoms with Gasteiger partial charge in [0.1, 0.15) is 11.5 Å². The molecule has 0 amide bonds. The predicted molar refractivity (Wildman–Crippen MR) is 91.7 cm³/mol. The quantitative estimate of drug-likeness (QED) is 0.912. The fourth-order valence-electron chi connectivity index (χ4n) is 3.00. The van der Waals surface area contributed by atoms with Crippen molar-refractivity contribution in [2.24, 2.45) is 0 Å². The molecule has 2 aromatic rings. The molecule has 3 heterocycles. The number of aryl methyl sites for hydroxylation is 2. The molecule has 2 aromatic heterocycles. The van der Waals surface area contributed by atoms with Crippen LogP contribution in [-0.2, 0) is 10.0 Å². The largest absolute Gasteiger partial charge is 0.360 e. The van der Waals surface area contributed by atoms with E-state index in [2.05, 4.69) is 19.8 Å². The topological polar surface area (TPSA) is 88.3 Å². The Morgan fingerprint density at radius 2 is 1.83 bits per heavy atom. The molecule has 0 unspecified atom stereocenters. The Balaban J connectivity index is 1.76. The van der Waals surface area contributed by atoms with E-state index in [4.69, 9.17) is 4.52 Å². The molecule has 8 heteroatoms. The molecule has 1 fully saturated rings. The Labute approximate surface area is 142 Å². The Morgan fingerprint density at radius 3 is 2.38 bits per heavy atom. The molecule has 0 aliphatic carbocycles. The third kappa shape index (κ3) is 3.53. The highest BCUT2D eigenvalue weighted by atomic mass is 32.2. The van der Waals surface area contributed by atoms with E-state index in [0.29, 0.717) is 11.4 Å². The van der Waals surface area contributed by atoms with Gasteiger partial charge in [0.2, 0.25) is 0 Å². The lowest BCUT2D eigenvalue weighted by Gasteiger charge is -2.21. The van der Waals surface area contributed by atoms with Gasteiger partial charge in [0.25, 0.3) is 10.0 Å². The molecule has 0 bridgehead atoms. The van der Waals surface area contributed by atoms with Gasteiger partial charge in [0, 0.05) is 13.1 Å². The summed E-state index contributed by atoms with van der Waals surface area (Å²) in [7, 11) is -3.73. The lowest BCUT2D eigenvalue weighted by atomic mass is 10.2. The van der Waals surface area contributed by atoms with Crippen LogP contribution in [0.25, 0.3) is 0 Å². The smallest absolute Gasteiger partial charge is 0.267 e. The lowest BCUT2D eigenvalue weighted by Crippen LogP contribution is -2.24. The monoisotopic (exact) mass is 350 g/mol. The van der Waals surface area contributed by atoms with Gasteiger partial charge in [-0.15, -0.1) is 0 Å². The van der Waals surface area contributed by atoms with E-state index < -0.39 is 10.0 Å². The fourth-order valence-corrected chi connectivity index (χ4v) is 4.37. The van der Waals surface area contributed by atoms with Crippen molar-refractivity contribution >= 4 is 21.5 Å². The molecule has 0 atom stereocenters. The minimum atomic E-state index is -3.73. The summed E-state index contributed by atoms with van der Waals surface area (Å²) in [6, 6.07) is 3.60. The van der Waals surface area contributed by atoms with Crippen molar-refractivity contribution in [2.75, 3.05) is 22.7 Å². The van der Waals surface area contributed by atoms with E-state index >= 15 is 0 Å². The van der Waals surface area contributed by atoms with Crippen LogP contribution < -0.4 is 9.62 Å². The van der Waals surface area contributed by atoms with E-state index in [1.54, 1.807) is 26.1 Å². The van der Waals surface area contributed by atoms with Gasteiger partial charge in [0.15, 0.2) is 10.7 Å². The average Bonchev–Trinajstić information content (AvgIpc) is 2.76. The van der Waals surface area contributed by atoms with Crippen molar-refractivity contribution in [2.45, 2.75) is 44.4 Å². The first-order valence-corrected chi connectivity index (χ1v) is 9.62. The molecular weight excluding hydrogens is 328 g/mol. The van der Waals surface area contributed by atoms with E-state index in [1.165, 1.54) is 25.7 Å². The summed E-state index contributed by atoms with van der Waals surface area (Å²) in [6.07, 6.45) is 6.40. The fraction of sp³-hybridized carbons (Fsp3) is 0.500. The van der Waals surface area contributed by atoms with Gasteiger partial charge >= 0.3 is 0 Å². The summed E-state index contributed by atoms with van der Waals surface area (Å²) < 4.78 is 32.4. The van der Waals surface area contributed by atoms with Crippen molar-refractivity contribution in [1.29, 1.82) is 0 Å². The molecule has 0 saturated carbocycles. The van der Waals surface area contributed by atoms with Gasteiger partial charge in [-0.05, 0) is 38.8 Å². The van der Waals surface area contributed by atoms with Crippen LogP contribution in [0, 0.1) is 13.8 Å². The molecule has 7 nitrogen and oxygen atoms in total. The number of hydrogen-bond donors (Lipinski definition) is 1. The SMILES string of the molecule is Cc1noc(C)c1S(=O)(=O)Nc1ccc(N2CCCCCC2)nc1. The van der Waals surface area contributed by atoms with Gasteiger partial charge in [-0.3, -0.25) is 4.72 Å². The second-order valence-electron chi connectivity index (χ2n) is 6.07. The maximum absolute atomic E-state index is 12.5. The Bertz CT molecular complexity index is 772. The molecule has 0 aromatic carbocycles. The molecule has 0 spiro atoms. The maximum Gasteiger partial charge on any atom is 0.267 e. The van der Waals surface area contributed by atoms with E-state index in [9.17, 15) is 8.42 Å². The van der Waals surface area contributed by atoms with Crippen LogP contribution in [0.1, 0.15) is 37.1 Å². The number of nitrogens with zero attached hydrogens (tertiary/aromatic N) is 3. The predicted octanol–water partition coefficient (Wildman–Crippen LogP) is 2.87. The summed E-state index contributed by atoms with van der Waals surface area (Å²) in [5, 5.41) is 3.69. The molecule has 1 saturated heterocycles. The molecule has 1 aliphatic rings. The highest BCUT2D eigenvalue weighted by Crippen LogP contribution is 2.23. The van der Waals surface area contributed by atoms with E-state index in [-0.39, 0.29) is 10.7 Å². The minimum absolute atomic E-state index is 0.0825. The van der Waals surface area contributed by atoms with Gasteiger partial charge in [0.05, 0.1) is 11.9 Å². The number of pyridine rings is 1. The lowest BCUT2D eigenvalue weighted by molar-refractivity contribution is 0.390. The zero-order valence-corrected chi connectivity index (χ0v) is 14.8. The third-order valence-corrected chi connectivity index (χ3v) is 5.79. The summed E-state index contributed by atoms with van der Waals surface area (Å²) in [4.78, 5) is 6.75. The first-order chi connectivity index (χ1) is 11.5. The van der Waals surface area contributed by atoms with Crippen LogP contribution in [0.5, 0.6) is 0 Å². The van der Waals surface area contributed by atoms with Crippen LogP contribution >= 0.6 is 0 Å². The summed E-state index contributed by atoms with van der Waals surface area (Å²) in [6.45, 7) is 5.18. The van der Waals surface area contributed by atoms with Gasteiger partial charge < -0.3 is 9.42 Å². The number of anilines is 2. The van der Waals surface area contributed by atoms with Crippen LogP contribution in [0.15, 0.2) is 27.7 Å². The minimum Gasteiger partial charge on any atom is -0.360 e. The maximum atomic E-state index is 12.5. The average molecular weight is 350 g/mol. The summed E-state index contributed by atoms with van der Waals surface area (Å²) >= 11 is 0. The Hall–Kier alpha value is -2.09. The first kappa shape index (κ1) is 16.8. The normalized spacial score (nSPS) is 16.0. The Morgan fingerprint density at radius 1 is 1.12 bits per heavy atom. The van der Waals surface area contributed by atoms with Gasteiger partial charge in [-0.2, -0.15) is 0 Å². The highest BCUT2D eigenvalue weighted by molar-refractivity contribution is 7.92. The van der Waals surface area contributed by atoms with Crippen molar-refractivity contribution in [3.8, 4) is 0 Å². The van der Waals surface area contributed by atoms with Crippen LogP contribution in [-0.4, -0.2) is 31.6 Å². The zero-order chi connectivity index (χ0) is 17.2. The molecule has 1 N–H and O–H groups in total. The van der Waals surface area contributed by atoms with Crippen molar-refractivity contribution in [3.05, 3.63) is 29.8 Å².